The number of ether oxygens (including phenoxy) is 1. The summed E-state index contributed by atoms with van der Waals surface area (Å²) in [5.74, 6) is -1.54. The second-order valence-electron chi connectivity index (χ2n) is 3.76. The Hall–Kier alpha value is -2.10. The van der Waals surface area contributed by atoms with Crippen molar-refractivity contribution in [1.29, 1.82) is 0 Å². The van der Waals surface area contributed by atoms with E-state index in [0.29, 0.717) is 5.56 Å². The highest BCUT2D eigenvalue weighted by Gasteiger charge is 2.16. The molecule has 0 unspecified atom stereocenters. The van der Waals surface area contributed by atoms with Gasteiger partial charge in [0, 0.05) is 5.82 Å². The van der Waals surface area contributed by atoms with Gasteiger partial charge >= 0.3 is 5.97 Å². The third kappa shape index (κ3) is 2.97. The van der Waals surface area contributed by atoms with Crippen molar-refractivity contribution in [2.45, 2.75) is 5.82 Å². The van der Waals surface area contributed by atoms with Crippen LogP contribution >= 0.6 is 0 Å². The predicted octanol–water partition coefficient (Wildman–Crippen LogP) is 2.64. The first kappa shape index (κ1) is 12.4. The van der Waals surface area contributed by atoms with Crippen molar-refractivity contribution < 1.29 is 13.9 Å². The second-order valence-corrected chi connectivity index (χ2v) is 3.76. The van der Waals surface area contributed by atoms with Gasteiger partial charge in [-0.15, -0.1) is 0 Å². The molecule has 0 spiro atoms. The zero-order valence-electron chi connectivity index (χ0n) is 9.55. The lowest BCUT2D eigenvalue weighted by Gasteiger charge is -2.11. The smallest absolute Gasteiger partial charge is 0.309 e. The van der Waals surface area contributed by atoms with Crippen LogP contribution in [-0.4, -0.2) is 13.8 Å². The number of carbonyl (C=O) groups excluding carboxylic acids is 1. The Balaban J connectivity index is 2.06. The van der Waals surface area contributed by atoms with Gasteiger partial charge in [-0.25, -0.2) is 4.39 Å². The summed E-state index contributed by atoms with van der Waals surface area (Å²) < 4.78 is 17.7. The van der Waals surface area contributed by atoms with E-state index in [9.17, 15) is 9.18 Å². The van der Waals surface area contributed by atoms with Crippen molar-refractivity contribution in [1.82, 2.24) is 0 Å². The zero-order chi connectivity index (χ0) is 13.0. The van der Waals surface area contributed by atoms with Gasteiger partial charge in [0.2, 0.25) is 0 Å². The van der Waals surface area contributed by atoms with E-state index < -0.39 is 11.8 Å². The van der Waals surface area contributed by atoms with Crippen LogP contribution in [0, 0.1) is 5.82 Å². The lowest BCUT2D eigenvalue weighted by molar-refractivity contribution is -0.134. The fourth-order valence-corrected chi connectivity index (χ4v) is 1.48. The Labute approximate surface area is 106 Å². The standard InChI is InChI=1S/C14H10BFO2/c15-13(10-4-2-1-3-5-10)14(17)18-12-8-6-11(16)7-9-12/h1-9,13H/t13-/m1/s1. The number of hydrogen-bond donors (Lipinski definition) is 0. The highest BCUT2D eigenvalue weighted by molar-refractivity contribution is 6.23. The summed E-state index contributed by atoms with van der Waals surface area (Å²) >= 11 is 0. The number of esters is 1. The molecule has 0 aromatic heterocycles. The van der Waals surface area contributed by atoms with Crippen molar-refractivity contribution >= 4 is 13.8 Å². The SMILES string of the molecule is [B][C@@H](C(=O)Oc1ccc(F)cc1)c1ccccc1. The summed E-state index contributed by atoms with van der Waals surface area (Å²) in [6.45, 7) is 0. The predicted molar refractivity (Wildman–Crippen MR) is 67.0 cm³/mol. The van der Waals surface area contributed by atoms with Gasteiger partial charge in [0.1, 0.15) is 11.6 Å². The van der Waals surface area contributed by atoms with Crippen molar-refractivity contribution in [3.05, 3.63) is 66.0 Å². The Morgan fingerprint density at radius 2 is 1.67 bits per heavy atom. The van der Waals surface area contributed by atoms with Gasteiger partial charge in [-0.1, -0.05) is 30.3 Å². The molecule has 0 aliphatic heterocycles. The molecule has 2 aromatic carbocycles. The maximum absolute atomic E-state index is 12.7. The number of halogens is 1. The minimum atomic E-state index is -0.851. The van der Waals surface area contributed by atoms with Gasteiger partial charge in [-0.2, -0.15) is 0 Å². The average Bonchev–Trinajstić information content (AvgIpc) is 2.41. The first-order valence-electron chi connectivity index (χ1n) is 5.44. The van der Waals surface area contributed by atoms with E-state index in [2.05, 4.69) is 0 Å². The molecule has 0 bridgehead atoms. The van der Waals surface area contributed by atoms with Crippen LogP contribution in [0.15, 0.2) is 54.6 Å². The highest BCUT2D eigenvalue weighted by atomic mass is 19.1. The van der Waals surface area contributed by atoms with Gasteiger partial charge in [0.15, 0.2) is 0 Å². The molecule has 0 N–H and O–H groups in total. The Morgan fingerprint density at radius 3 is 2.28 bits per heavy atom. The second kappa shape index (κ2) is 5.49. The normalized spacial score (nSPS) is 11.8. The number of rotatable bonds is 3. The van der Waals surface area contributed by atoms with Gasteiger partial charge in [0.25, 0.3) is 0 Å². The van der Waals surface area contributed by atoms with Crippen LogP contribution < -0.4 is 4.74 Å². The molecule has 0 saturated heterocycles. The van der Waals surface area contributed by atoms with E-state index in [4.69, 9.17) is 12.6 Å². The van der Waals surface area contributed by atoms with Gasteiger partial charge in [0.05, 0.1) is 7.85 Å². The topological polar surface area (TPSA) is 26.3 Å². The van der Waals surface area contributed by atoms with Gasteiger partial charge in [-0.05, 0) is 29.8 Å². The molecule has 88 valence electrons. The van der Waals surface area contributed by atoms with E-state index in [-0.39, 0.29) is 11.6 Å². The molecule has 0 fully saturated rings. The number of benzene rings is 2. The van der Waals surface area contributed by atoms with E-state index >= 15 is 0 Å². The van der Waals surface area contributed by atoms with E-state index in [1.807, 2.05) is 6.07 Å². The monoisotopic (exact) mass is 240 g/mol. The average molecular weight is 240 g/mol. The molecule has 2 radical (unpaired) electrons. The van der Waals surface area contributed by atoms with Crippen LogP contribution in [0.1, 0.15) is 11.4 Å². The molecular formula is C14H10BFO2. The van der Waals surface area contributed by atoms with E-state index in [1.54, 1.807) is 24.3 Å². The minimum Gasteiger partial charge on any atom is -0.427 e. The fraction of sp³-hybridized carbons (Fsp3) is 0.0714. The van der Waals surface area contributed by atoms with Gasteiger partial charge < -0.3 is 4.74 Å². The molecule has 0 saturated carbocycles. The molecule has 18 heavy (non-hydrogen) atoms. The third-order valence-electron chi connectivity index (χ3n) is 2.44. The molecule has 1 atom stereocenters. The summed E-state index contributed by atoms with van der Waals surface area (Å²) in [5.41, 5.74) is 0.671. The van der Waals surface area contributed by atoms with E-state index in [1.165, 1.54) is 24.3 Å². The van der Waals surface area contributed by atoms with Crippen LogP contribution in [0.5, 0.6) is 5.75 Å². The maximum atomic E-state index is 12.7. The zero-order valence-corrected chi connectivity index (χ0v) is 9.55. The Kier molecular flexibility index (Phi) is 3.77. The molecule has 0 aliphatic carbocycles. The Morgan fingerprint density at radius 1 is 1.06 bits per heavy atom. The molecule has 0 heterocycles. The Bertz CT molecular complexity index is 525. The summed E-state index contributed by atoms with van der Waals surface area (Å²) in [5, 5.41) is 0. The lowest BCUT2D eigenvalue weighted by atomic mass is 9.81. The summed E-state index contributed by atoms with van der Waals surface area (Å²) in [4.78, 5) is 11.8. The van der Waals surface area contributed by atoms with Crippen LogP contribution in [0.4, 0.5) is 4.39 Å². The van der Waals surface area contributed by atoms with Crippen molar-refractivity contribution in [3.63, 3.8) is 0 Å². The van der Waals surface area contributed by atoms with Crippen molar-refractivity contribution in [3.8, 4) is 5.75 Å². The number of carbonyl (C=O) groups is 1. The first-order chi connectivity index (χ1) is 8.66. The van der Waals surface area contributed by atoms with Crippen molar-refractivity contribution in [2.24, 2.45) is 0 Å². The molecule has 4 heteroatoms. The minimum absolute atomic E-state index is 0.271. The van der Waals surface area contributed by atoms with E-state index in [0.717, 1.165) is 0 Å². The highest BCUT2D eigenvalue weighted by Crippen LogP contribution is 2.17. The van der Waals surface area contributed by atoms with Crippen LogP contribution in [0.2, 0.25) is 0 Å². The molecular weight excluding hydrogens is 230 g/mol. The molecule has 2 rings (SSSR count). The van der Waals surface area contributed by atoms with Crippen LogP contribution in [-0.2, 0) is 4.79 Å². The van der Waals surface area contributed by atoms with Crippen LogP contribution in [0.3, 0.4) is 0 Å². The molecule has 2 nitrogen and oxygen atoms in total. The molecule has 0 amide bonds. The van der Waals surface area contributed by atoms with Gasteiger partial charge in [-0.3, -0.25) is 4.79 Å². The fourth-order valence-electron chi connectivity index (χ4n) is 1.48. The molecule has 0 aliphatic rings. The summed E-state index contributed by atoms with van der Waals surface area (Å²) in [6.07, 6.45) is 0. The summed E-state index contributed by atoms with van der Waals surface area (Å²) in [6, 6.07) is 14.1. The largest absolute Gasteiger partial charge is 0.427 e. The number of hydrogen-bond acceptors (Lipinski definition) is 2. The third-order valence-corrected chi connectivity index (χ3v) is 2.44. The lowest BCUT2D eigenvalue weighted by Crippen LogP contribution is -2.18. The molecule has 2 aromatic rings. The quantitative estimate of drug-likeness (QED) is 0.468. The first-order valence-corrected chi connectivity index (χ1v) is 5.44. The maximum Gasteiger partial charge on any atom is 0.309 e. The van der Waals surface area contributed by atoms with Crippen LogP contribution in [0.25, 0.3) is 0 Å². The summed E-state index contributed by atoms with van der Waals surface area (Å²) in [7, 11) is 5.77. The van der Waals surface area contributed by atoms with Crippen molar-refractivity contribution in [2.75, 3.05) is 0 Å².